The summed E-state index contributed by atoms with van der Waals surface area (Å²) in [5, 5.41) is 4.99. The van der Waals surface area contributed by atoms with Crippen molar-refractivity contribution in [3.8, 4) is 0 Å². The molecule has 1 fully saturated rings. The average Bonchev–Trinajstić information content (AvgIpc) is 3.28. The summed E-state index contributed by atoms with van der Waals surface area (Å²) < 4.78 is 1.76. The van der Waals surface area contributed by atoms with Crippen LogP contribution in [0.15, 0.2) is 35.7 Å². The number of aromatic nitrogens is 3. The van der Waals surface area contributed by atoms with E-state index in [1.165, 1.54) is 18.1 Å². The molecule has 0 bridgehead atoms. The van der Waals surface area contributed by atoms with E-state index in [1.54, 1.807) is 10.7 Å². The summed E-state index contributed by atoms with van der Waals surface area (Å²) in [6.45, 7) is 0.482. The Morgan fingerprint density at radius 1 is 1.32 bits per heavy atom. The van der Waals surface area contributed by atoms with Gasteiger partial charge in [0.05, 0.1) is 13.0 Å². The van der Waals surface area contributed by atoms with Crippen molar-refractivity contribution < 1.29 is 9.59 Å². The van der Waals surface area contributed by atoms with Crippen molar-refractivity contribution >= 4 is 23.3 Å². The van der Waals surface area contributed by atoms with Crippen LogP contribution in [0.1, 0.15) is 35.2 Å². The molecule has 1 heterocycles. The molecular formula is C16H17N3O2S. The first-order valence-electron chi connectivity index (χ1n) is 7.24. The number of hydrogen-bond donors (Lipinski definition) is 0. The van der Waals surface area contributed by atoms with Crippen molar-refractivity contribution in [1.29, 1.82) is 0 Å². The molecular weight excluding hydrogens is 298 g/mol. The lowest BCUT2D eigenvalue weighted by atomic mass is 9.99. The highest BCUT2D eigenvalue weighted by molar-refractivity contribution is 7.98. The van der Waals surface area contributed by atoms with E-state index in [0.717, 1.165) is 23.6 Å². The summed E-state index contributed by atoms with van der Waals surface area (Å²) >= 11 is 1.51. The molecule has 0 spiro atoms. The van der Waals surface area contributed by atoms with Crippen molar-refractivity contribution in [2.75, 3.05) is 6.26 Å². The van der Waals surface area contributed by atoms with Gasteiger partial charge in [-0.05, 0) is 24.7 Å². The van der Waals surface area contributed by atoms with Crippen LogP contribution in [0.4, 0.5) is 0 Å². The molecule has 2 aromatic rings. The zero-order valence-corrected chi connectivity index (χ0v) is 13.2. The van der Waals surface area contributed by atoms with Crippen LogP contribution in [-0.4, -0.2) is 32.6 Å². The van der Waals surface area contributed by atoms with E-state index in [1.807, 2.05) is 24.5 Å². The Kier molecular flexibility index (Phi) is 4.38. The summed E-state index contributed by atoms with van der Waals surface area (Å²) in [7, 11) is 0. The Bertz CT molecular complexity index is 707. The first kappa shape index (κ1) is 15.0. The number of nitrogens with zero attached hydrogens (tertiary/aromatic N) is 3. The molecule has 0 unspecified atom stereocenters. The predicted molar refractivity (Wildman–Crippen MR) is 84.0 cm³/mol. The first-order valence-corrected chi connectivity index (χ1v) is 8.47. The predicted octanol–water partition coefficient (Wildman–Crippen LogP) is 2.60. The molecule has 0 radical (unpaired) electrons. The molecule has 114 valence electrons. The van der Waals surface area contributed by atoms with Crippen LogP contribution in [0.25, 0.3) is 0 Å². The third-order valence-electron chi connectivity index (χ3n) is 3.77. The van der Waals surface area contributed by atoms with Crippen LogP contribution in [0.2, 0.25) is 0 Å². The molecule has 0 atom stereocenters. The van der Waals surface area contributed by atoms with Gasteiger partial charge in [-0.25, -0.2) is 9.67 Å². The Balaban J connectivity index is 1.80. The normalized spacial score (nSPS) is 14.0. The van der Waals surface area contributed by atoms with Gasteiger partial charge in [-0.2, -0.15) is 5.10 Å². The number of Topliss-reactive ketones (excluding diaryl/α,β-unsaturated/α-hetero) is 2. The number of rotatable bonds is 7. The van der Waals surface area contributed by atoms with Crippen molar-refractivity contribution in [2.24, 2.45) is 5.92 Å². The molecule has 1 aliphatic carbocycles. The summed E-state index contributed by atoms with van der Waals surface area (Å²) in [4.78, 5) is 28.4. The molecule has 0 amide bonds. The zero-order chi connectivity index (χ0) is 15.5. The van der Waals surface area contributed by atoms with Gasteiger partial charge >= 0.3 is 0 Å². The number of benzene rings is 1. The third kappa shape index (κ3) is 3.27. The van der Waals surface area contributed by atoms with Crippen molar-refractivity contribution in [3.63, 3.8) is 0 Å². The lowest BCUT2D eigenvalue weighted by Crippen LogP contribution is -2.13. The van der Waals surface area contributed by atoms with E-state index in [9.17, 15) is 9.59 Å². The van der Waals surface area contributed by atoms with Crippen LogP contribution in [0.3, 0.4) is 0 Å². The fourth-order valence-corrected chi connectivity index (χ4v) is 2.89. The van der Waals surface area contributed by atoms with Crippen LogP contribution in [0.5, 0.6) is 0 Å². The highest BCUT2D eigenvalue weighted by Gasteiger charge is 2.31. The molecule has 6 heteroatoms. The van der Waals surface area contributed by atoms with Crippen molar-refractivity contribution in [2.45, 2.75) is 31.0 Å². The Hall–Kier alpha value is -1.95. The molecule has 22 heavy (non-hydrogen) atoms. The fraction of sp³-hybridized carbons (Fsp3) is 0.375. The SMILES string of the molecule is CSc1ncnn1Cc1ccccc1C(=O)CC(=O)C1CC1. The fourth-order valence-electron chi connectivity index (χ4n) is 2.41. The van der Waals surface area contributed by atoms with Gasteiger partial charge in [0.25, 0.3) is 0 Å². The molecule has 1 aliphatic rings. The van der Waals surface area contributed by atoms with Gasteiger partial charge in [-0.1, -0.05) is 36.0 Å². The van der Waals surface area contributed by atoms with E-state index < -0.39 is 0 Å². The topological polar surface area (TPSA) is 64.8 Å². The smallest absolute Gasteiger partial charge is 0.186 e. The second-order valence-electron chi connectivity index (χ2n) is 5.40. The van der Waals surface area contributed by atoms with Gasteiger partial charge in [0.1, 0.15) is 12.1 Å². The summed E-state index contributed by atoms with van der Waals surface area (Å²) in [5.74, 6) is 0.0956. The monoisotopic (exact) mass is 315 g/mol. The molecule has 1 aromatic carbocycles. The maximum absolute atomic E-state index is 12.4. The number of carbonyl (C=O) groups is 2. The van der Waals surface area contributed by atoms with E-state index >= 15 is 0 Å². The van der Waals surface area contributed by atoms with E-state index in [4.69, 9.17) is 0 Å². The maximum atomic E-state index is 12.4. The summed E-state index contributed by atoms with van der Waals surface area (Å²) in [6.07, 6.45) is 5.32. The second-order valence-corrected chi connectivity index (χ2v) is 6.18. The van der Waals surface area contributed by atoms with Gasteiger partial charge < -0.3 is 0 Å². The lowest BCUT2D eigenvalue weighted by molar-refractivity contribution is -0.119. The van der Waals surface area contributed by atoms with Crippen LogP contribution in [-0.2, 0) is 11.3 Å². The number of thioether (sulfide) groups is 1. The van der Waals surface area contributed by atoms with Crippen molar-refractivity contribution in [1.82, 2.24) is 14.8 Å². The molecule has 0 saturated heterocycles. The van der Waals surface area contributed by atoms with Gasteiger partial charge in [0.2, 0.25) is 0 Å². The standard InChI is InChI=1S/C16H17N3O2S/c1-22-16-17-10-18-19(16)9-12-4-2-3-5-13(12)15(21)8-14(20)11-6-7-11/h2-5,10-11H,6-9H2,1H3. The largest absolute Gasteiger partial charge is 0.299 e. The quantitative estimate of drug-likeness (QED) is 0.446. The number of hydrogen-bond acceptors (Lipinski definition) is 5. The molecule has 3 rings (SSSR count). The highest BCUT2D eigenvalue weighted by atomic mass is 32.2. The van der Waals surface area contributed by atoms with Gasteiger partial charge in [-0.3, -0.25) is 9.59 Å². The van der Waals surface area contributed by atoms with Gasteiger partial charge in [0, 0.05) is 11.5 Å². The molecule has 1 saturated carbocycles. The minimum Gasteiger partial charge on any atom is -0.299 e. The van der Waals surface area contributed by atoms with Gasteiger partial charge in [0.15, 0.2) is 10.9 Å². The van der Waals surface area contributed by atoms with E-state index in [-0.39, 0.29) is 23.9 Å². The number of ketones is 2. The van der Waals surface area contributed by atoms with Crippen LogP contribution >= 0.6 is 11.8 Å². The molecule has 0 N–H and O–H groups in total. The maximum Gasteiger partial charge on any atom is 0.186 e. The third-order valence-corrected chi connectivity index (χ3v) is 4.45. The Labute approximate surface area is 133 Å². The highest BCUT2D eigenvalue weighted by Crippen LogP contribution is 2.31. The first-order chi connectivity index (χ1) is 10.7. The minimum absolute atomic E-state index is 0.00836. The number of carbonyl (C=O) groups excluding carboxylic acids is 2. The molecule has 1 aromatic heterocycles. The molecule has 5 nitrogen and oxygen atoms in total. The minimum atomic E-state index is -0.0988. The lowest BCUT2D eigenvalue weighted by Gasteiger charge is -2.09. The van der Waals surface area contributed by atoms with Crippen LogP contribution < -0.4 is 0 Å². The van der Waals surface area contributed by atoms with Crippen molar-refractivity contribution in [3.05, 3.63) is 41.7 Å². The summed E-state index contributed by atoms with van der Waals surface area (Å²) in [5.41, 5.74) is 1.48. The van der Waals surface area contributed by atoms with E-state index in [2.05, 4.69) is 10.1 Å². The van der Waals surface area contributed by atoms with Gasteiger partial charge in [-0.15, -0.1) is 0 Å². The van der Waals surface area contributed by atoms with E-state index in [0.29, 0.717) is 12.1 Å². The van der Waals surface area contributed by atoms with Crippen LogP contribution in [0, 0.1) is 5.92 Å². The summed E-state index contributed by atoms with van der Waals surface area (Å²) in [6, 6.07) is 7.41. The Morgan fingerprint density at radius 2 is 2.09 bits per heavy atom. The second kappa shape index (κ2) is 6.44. The molecule has 0 aliphatic heterocycles. The zero-order valence-electron chi connectivity index (χ0n) is 12.4. The Morgan fingerprint density at radius 3 is 2.82 bits per heavy atom. The average molecular weight is 315 g/mol.